The Morgan fingerprint density at radius 1 is 0.968 bits per heavy atom. The number of amides is 1. The first-order chi connectivity index (χ1) is 15.3. The van der Waals surface area contributed by atoms with Gasteiger partial charge in [-0.3, -0.25) is 9.48 Å². The molecule has 3 heterocycles. The van der Waals surface area contributed by atoms with Gasteiger partial charge >= 0.3 is 0 Å². The third-order valence-electron chi connectivity index (χ3n) is 4.67. The van der Waals surface area contributed by atoms with E-state index in [2.05, 4.69) is 20.5 Å². The average molecular weight is 427 g/mol. The van der Waals surface area contributed by atoms with Crippen molar-refractivity contribution in [3.63, 3.8) is 0 Å². The minimum atomic E-state index is -0.354. The van der Waals surface area contributed by atoms with E-state index in [1.807, 2.05) is 89.1 Å². The van der Waals surface area contributed by atoms with Crippen molar-refractivity contribution in [2.24, 2.45) is 0 Å². The van der Waals surface area contributed by atoms with Gasteiger partial charge in [0.05, 0.1) is 17.1 Å². The van der Waals surface area contributed by atoms with E-state index in [1.54, 1.807) is 22.2 Å². The fraction of sp³-hybridized carbons (Fsp3) is 0.0435. The van der Waals surface area contributed by atoms with Crippen LogP contribution >= 0.6 is 11.3 Å². The number of aromatic nitrogens is 5. The number of rotatable bonds is 6. The Morgan fingerprint density at radius 2 is 1.81 bits per heavy atom. The summed E-state index contributed by atoms with van der Waals surface area (Å²) in [6, 6.07) is 23.1. The number of benzene rings is 2. The molecule has 0 spiro atoms. The predicted molar refractivity (Wildman–Crippen MR) is 120 cm³/mol. The van der Waals surface area contributed by atoms with Crippen molar-refractivity contribution in [3.8, 4) is 16.4 Å². The SMILES string of the molecule is O=C(Nc1ccc(Cn2cccn2)cc1)c1nc(-c2cccs2)n(-c2ccccc2)n1. The first-order valence-electron chi connectivity index (χ1n) is 9.70. The first-order valence-corrected chi connectivity index (χ1v) is 10.6. The summed E-state index contributed by atoms with van der Waals surface area (Å²) in [7, 11) is 0. The molecule has 0 bridgehead atoms. The van der Waals surface area contributed by atoms with Crippen LogP contribution in [0.2, 0.25) is 0 Å². The number of nitrogens with zero attached hydrogens (tertiary/aromatic N) is 5. The van der Waals surface area contributed by atoms with Crippen LogP contribution in [0.1, 0.15) is 16.2 Å². The summed E-state index contributed by atoms with van der Waals surface area (Å²) in [5.41, 5.74) is 2.62. The second-order valence-electron chi connectivity index (χ2n) is 6.84. The summed E-state index contributed by atoms with van der Waals surface area (Å²) >= 11 is 1.55. The summed E-state index contributed by atoms with van der Waals surface area (Å²) in [5, 5.41) is 13.6. The fourth-order valence-corrected chi connectivity index (χ4v) is 3.88. The molecule has 8 heteroatoms. The van der Waals surface area contributed by atoms with Gasteiger partial charge in [-0.25, -0.2) is 9.67 Å². The molecule has 0 aliphatic heterocycles. The van der Waals surface area contributed by atoms with Crippen LogP contribution in [0.5, 0.6) is 0 Å². The highest BCUT2D eigenvalue weighted by Gasteiger charge is 2.19. The number of carbonyl (C=O) groups excluding carboxylic acids is 1. The molecule has 0 saturated heterocycles. The molecule has 0 fully saturated rings. The molecule has 0 atom stereocenters. The van der Waals surface area contributed by atoms with Gasteiger partial charge < -0.3 is 5.32 Å². The Labute approximate surface area is 182 Å². The minimum Gasteiger partial charge on any atom is -0.319 e. The molecule has 0 saturated carbocycles. The zero-order valence-corrected chi connectivity index (χ0v) is 17.2. The largest absolute Gasteiger partial charge is 0.319 e. The maximum absolute atomic E-state index is 12.9. The molecular formula is C23H18N6OS. The third kappa shape index (κ3) is 4.15. The molecule has 0 unspecified atom stereocenters. The van der Waals surface area contributed by atoms with Gasteiger partial charge in [-0.2, -0.15) is 5.10 Å². The second kappa shape index (κ2) is 8.37. The highest BCUT2D eigenvalue weighted by atomic mass is 32.1. The normalized spacial score (nSPS) is 10.8. The minimum absolute atomic E-state index is 0.118. The summed E-state index contributed by atoms with van der Waals surface area (Å²) in [6.07, 6.45) is 3.66. The zero-order chi connectivity index (χ0) is 21.0. The number of anilines is 1. The van der Waals surface area contributed by atoms with Crippen molar-refractivity contribution in [1.29, 1.82) is 0 Å². The van der Waals surface area contributed by atoms with Gasteiger partial charge in [0.15, 0.2) is 5.82 Å². The van der Waals surface area contributed by atoms with E-state index in [1.165, 1.54) is 0 Å². The van der Waals surface area contributed by atoms with E-state index in [0.29, 0.717) is 18.1 Å². The van der Waals surface area contributed by atoms with E-state index < -0.39 is 0 Å². The number of hydrogen-bond donors (Lipinski definition) is 1. The molecular weight excluding hydrogens is 408 g/mol. The van der Waals surface area contributed by atoms with Gasteiger partial charge in [0.25, 0.3) is 5.91 Å². The predicted octanol–water partition coefficient (Wildman–Crippen LogP) is 4.49. The molecule has 1 N–H and O–H groups in total. The zero-order valence-electron chi connectivity index (χ0n) is 16.4. The Kier molecular flexibility index (Phi) is 5.12. The van der Waals surface area contributed by atoms with Crippen molar-refractivity contribution in [1.82, 2.24) is 24.5 Å². The smallest absolute Gasteiger partial charge is 0.295 e. The molecule has 7 nitrogen and oxygen atoms in total. The van der Waals surface area contributed by atoms with Gasteiger partial charge in [0.2, 0.25) is 5.82 Å². The molecule has 1 amide bonds. The van der Waals surface area contributed by atoms with E-state index >= 15 is 0 Å². The molecule has 5 rings (SSSR count). The molecule has 5 aromatic rings. The lowest BCUT2D eigenvalue weighted by molar-refractivity contribution is 0.101. The quantitative estimate of drug-likeness (QED) is 0.434. The Balaban J connectivity index is 1.38. The standard InChI is InChI=1S/C23H18N6OS/c30-23(25-18-11-9-17(10-12-18)16-28-14-5-13-24-28)21-26-22(20-8-4-15-31-20)29(27-21)19-6-2-1-3-7-19/h1-15H,16H2,(H,25,30). The lowest BCUT2D eigenvalue weighted by Crippen LogP contribution is -2.14. The van der Waals surface area contributed by atoms with Crippen LogP contribution < -0.4 is 5.32 Å². The van der Waals surface area contributed by atoms with E-state index in [0.717, 1.165) is 16.1 Å². The summed E-state index contributed by atoms with van der Waals surface area (Å²) in [6.45, 7) is 0.675. The molecule has 2 aromatic carbocycles. The number of thiophene rings is 1. The van der Waals surface area contributed by atoms with Gasteiger partial charge in [-0.15, -0.1) is 16.4 Å². The molecule has 152 valence electrons. The highest BCUT2D eigenvalue weighted by molar-refractivity contribution is 7.13. The summed E-state index contributed by atoms with van der Waals surface area (Å²) in [4.78, 5) is 18.3. The van der Waals surface area contributed by atoms with Crippen molar-refractivity contribution < 1.29 is 4.79 Å². The van der Waals surface area contributed by atoms with Crippen LogP contribution in [-0.2, 0) is 6.54 Å². The van der Waals surface area contributed by atoms with Crippen LogP contribution in [-0.4, -0.2) is 30.5 Å². The van der Waals surface area contributed by atoms with E-state index in [9.17, 15) is 4.79 Å². The van der Waals surface area contributed by atoms with E-state index in [4.69, 9.17) is 0 Å². The molecule has 0 aliphatic carbocycles. The molecule has 31 heavy (non-hydrogen) atoms. The number of nitrogens with one attached hydrogen (secondary N) is 1. The first kappa shape index (κ1) is 19.0. The van der Waals surface area contributed by atoms with Crippen LogP contribution in [0.15, 0.2) is 90.6 Å². The number of hydrogen-bond acceptors (Lipinski definition) is 5. The Hall–Kier alpha value is -4.04. The van der Waals surface area contributed by atoms with Crippen LogP contribution in [0.4, 0.5) is 5.69 Å². The van der Waals surface area contributed by atoms with Crippen molar-refractivity contribution in [2.45, 2.75) is 6.54 Å². The lowest BCUT2D eigenvalue weighted by Gasteiger charge is -2.05. The van der Waals surface area contributed by atoms with Crippen LogP contribution in [0.3, 0.4) is 0 Å². The number of para-hydroxylation sites is 1. The monoisotopic (exact) mass is 426 g/mol. The fourth-order valence-electron chi connectivity index (χ4n) is 3.18. The molecule has 0 radical (unpaired) electrons. The lowest BCUT2D eigenvalue weighted by atomic mass is 10.2. The molecule has 0 aliphatic rings. The maximum atomic E-state index is 12.9. The topological polar surface area (TPSA) is 77.6 Å². The third-order valence-corrected chi connectivity index (χ3v) is 5.53. The van der Waals surface area contributed by atoms with Gasteiger partial charge in [-0.1, -0.05) is 36.4 Å². The van der Waals surface area contributed by atoms with Crippen molar-refractivity contribution in [2.75, 3.05) is 5.32 Å². The Morgan fingerprint density at radius 3 is 2.52 bits per heavy atom. The second-order valence-corrected chi connectivity index (χ2v) is 7.79. The van der Waals surface area contributed by atoms with E-state index in [-0.39, 0.29) is 11.7 Å². The van der Waals surface area contributed by atoms with Gasteiger partial charge in [0, 0.05) is 18.1 Å². The summed E-state index contributed by atoms with van der Waals surface area (Å²) in [5.74, 6) is 0.404. The van der Waals surface area contributed by atoms with Gasteiger partial charge in [-0.05, 0) is 47.3 Å². The summed E-state index contributed by atoms with van der Waals surface area (Å²) < 4.78 is 3.55. The average Bonchev–Trinajstić information content (AvgIpc) is 3.57. The highest BCUT2D eigenvalue weighted by Crippen LogP contribution is 2.25. The van der Waals surface area contributed by atoms with Crippen molar-refractivity contribution >= 4 is 22.9 Å². The molecule has 3 aromatic heterocycles. The van der Waals surface area contributed by atoms with Crippen LogP contribution in [0.25, 0.3) is 16.4 Å². The Bertz CT molecular complexity index is 1280. The van der Waals surface area contributed by atoms with Crippen molar-refractivity contribution in [3.05, 3.63) is 102 Å². The van der Waals surface area contributed by atoms with Crippen LogP contribution in [0, 0.1) is 0 Å². The van der Waals surface area contributed by atoms with Gasteiger partial charge in [0.1, 0.15) is 0 Å². The maximum Gasteiger partial charge on any atom is 0.295 e. The number of carbonyl (C=O) groups is 1.